The van der Waals surface area contributed by atoms with Gasteiger partial charge in [0, 0.05) is 16.3 Å². The van der Waals surface area contributed by atoms with Gasteiger partial charge in [0.1, 0.15) is 11.5 Å². The largest absolute Gasteiger partial charge is 0.497 e. The molecule has 0 aromatic heterocycles. The van der Waals surface area contributed by atoms with Gasteiger partial charge in [-0.15, -0.1) is 0 Å². The highest BCUT2D eigenvalue weighted by molar-refractivity contribution is 6.39. The zero-order valence-corrected chi connectivity index (χ0v) is 17.6. The number of nitrogens with zero attached hydrogens (tertiary/aromatic N) is 1. The minimum absolute atomic E-state index is 0.230. The molecule has 0 saturated heterocycles. The average Bonchev–Trinajstić information content (AvgIpc) is 2.81. The van der Waals surface area contributed by atoms with Crippen LogP contribution in [0.15, 0.2) is 77.9 Å². The molecule has 162 valence electrons. The van der Waals surface area contributed by atoms with Crippen molar-refractivity contribution in [3.63, 3.8) is 0 Å². The maximum atomic E-state index is 12.3. The van der Waals surface area contributed by atoms with E-state index in [2.05, 4.69) is 15.8 Å². The summed E-state index contributed by atoms with van der Waals surface area (Å²) in [6.45, 7) is 0. The quantitative estimate of drug-likeness (QED) is 0.195. The predicted octanol–water partition coefficient (Wildman–Crippen LogP) is 3.66. The first kappa shape index (κ1) is 22.5. The van der Waals surface area contributed by atoms with Crippen molar-refractivity contribution in [2.24, 2.45) is 5.10 Å². The predicted molar refractivity (Wildman–Crippen MR) is 120 cm³/mol. The molecule has 2 N–H and O–H groups in total. The molecule has 0 radical (unpaired) electrons. The SMILES string of the molecule is COc1ccc(NC(=O)C(=O)N/N=C\c2ccccc2OC(=O)c2ccc(Cl)cc2)cc1. The van der Waals surface area contributed by atoms with Crippen molar-refractivity contribution in [2.75, 3.05) is 12.4 Å². The van der Waals surface area contributed by atoms with E-state index in [0.717, 1.165) is 0 Å². The number of halogens is 1. The van der Waals surface area contributed by atoms with Gasteiger partial charge in [0.2, 0.25) is 0 Å². The molecule has 3 rings (SSSR count). The van der Waals surface area contributed by atoms with Gasteiger partial charge in [-0.2, -0.15) is 5.10 Å². The molecule has 0 aliphatic carbocycles. The molecule has 3 aromatic carbocycles. The van der Waals surface area contributed by atoms with Crippen LogP contribution >= 0.6 is 11.6 Å². The fraction of sp³-hybridized carbons (Fsp3) is 0.0435. The number of hydrazone groups is 1. The number of nitrogens with one attached hydrogen (secondary N) is 2. The number of anilines is 1. The Labute approximate surface area is 188 Å². The summed E-state index contributed by atoms with van der Waals surface area (Å²) in [5, 5.41) is 6.71. The standard InChI is InChI=1S/C23H18ClN3O5/c1-31-19-12-10-18(11-13-19)26-21(28)22(29)27-25-14-16-4-2-3-5-20(16)32-23(30)15-6-8-17(24)9-7-15/h2-14H,1H3,(H,26,28)(H,27,29)/b25-14-. The van der Waals surface area contributed by atoms with Crippen LogP contribution in [0.4, 0.5) is 5.69 Å². The van der Waals surface area contributed by atoms with E-state index in [1.165, 1.54) is 13.3 Å². The van der Waals surface area contributed by atoms with Crippen molar-refractivity contribution in [3.05, 3.63) is 88.9 Å². The molecular weight excluding hydrogens is 434 g/mol. The van der Waals surface area contributed by atoms with Crippen LogP contribution < -0.4 is 20.2 Å². The summed E-state index contributed by atoms with van der Waals surface area (Å²) in [5.74, 6) is -1.59. The van der Waals surface area contributed by atoms with Gasteiger partial charge in [0.15, 0.2) is 0 Å². The van der Waals surface area contributed by atoms with Crippen LogP contribution in [-0.2, 0) is 9.59 Å². The number of hydrogen-bond donors (Lipinski definition) is 2. The monoisotopic (exact) mass is 451 g/mol. The summed E-state index contributed by atoms with van der Waals surface area (Å²) in [6, 6.07) is 19.3. The van der Waals surface area contributed by atoms with Crippen molar-refractivity contribution >= 4 is 41.3 Å². The van der Waals surface area contributed by atoms with Crippen molar-refractivity contribution < 1.29 is 23.9 Å². The number of methoxy groups -OCH3 is 1. The third kappa shape index (κ3) is 6.16. The van der Waals surface area contributed by atoms with Crippen molar-refractivity contribution in [1.82, 2.24) is 5.43 Å². The van der Waals surface area contributed by atoms with E-state index in [4.69, 9.17) is 21.1 Å². The van der Waals surface area contributed by atoms with E-state index in [9.17, 15) is 14.4 Å². The Morgan fingerprint density at radius 3 is 2.28 bits per heavy atom. The molecule has 8 nitrogen and oxygen atoms in total. The van der Waals surface area contributed by atoms with E-state index < -0.39 is 17.8 Å². The summed E-state index contributed by atoms with van der Waals surface area (Å²) in [4.78, 5) is 36.3. The summed E-state index contributed by atoms with van der Waals surface area (Å²) < 4.78 is 10.4. The van der Waals surface area contributed by atoms with Crippen molar-refractivity contribution in [3.8, 4) is 11.5 Å². The normalized spacial score (nSPS) is 10.4. The fourth-order valence-electron chi connectivity index (χ4n) is 2.50. The van der Waals surface area contributed by atoms with Gasteiger partial charge >= 0.3 is 17.8 Å². The molecular formula is C23H18ClN3O5. The van der Waals surface area contributed by atoms with Gasteiger partial charge in [-0.25, -0.2) is 10.2 Å². The van der Waals surface area contributed by atoms with E-state index >= 15 is 0 Å². The minimum Gasteiger partial charge on any atom is -0.497 e. The van der Waals surface area contributed by atoms with Crippen LogP contribution in [0, 0.1) is 0 Å². The molecule has 0 atom stereocenters. The van der Waals surface area contributed by atoms with Gasteiger partial charge in [-0.1, -0.05) is 23.7 Å². The molecule has 0 bridgehead atoms. The van der Waals surface area contributed by atoms with E-state index in [0.29, 0.717) is 27.6 Å². The van der Waals surface area contributed by atoms with Gasteiger partial charge in [0.05, 0.1) is 18.9 Å². The molecule has 9 heteroatoms. The highest BCUT2D eigenvalue weighted by Gasteiger charge is 2.14. The van der Waals surface area contributed by atoms with Gasteiger partial charge in [-0.3, -0.25) is 9.59 Å². The third-order valence-corrected chi connectivity index (χ3v) is 4.38. The number of carbonyl (C=O) groups excluding carboxylic acids is 3. The molecule has 0 saturated carbocycles. The van der Waals surface area contributed by atoms with Crippen LogP contribution in [0.5, 0.6) is 11.5 Å². The number of benzene rings is 3. The molecule has 0 aliphatic heterocycles. The maximum Gasteiger partial charge on any atom is 0.343 e. The summed E-state index contributed by atoms with van der Waals surface area (Å²) in [5.41, 5.74) is 3.30. The van der Waals surface area contributed by atoms with Gasteiger partial charge < -0.3 is 14.8 Å². The lowest BCUT2D eigenvalue weighted by atomic mass is 10.2. The van der Waals surface area contributed by atoms with Crippen molar-refractivity contribution in [2.45, 2.75) is 0 Å². The second-order valence-corrected chi connectivity index (χ2v) is 6.75. The molecule has 0 aliphatic rings. The van der Waals surface area contributed by atoms with E-state index in [1.54, 1.807) is 72.8 Å². The number of amides is 2. The maximum absolute atomic E-state index is 12.3. The second-order valence-electron chi connectivity index (χ2n) is 6.32. The summed E-state index contributed by atoms with van der Waals surface area (Å²) >= 11 is 5.83. The van der Waals surface area contributed by atoms with Crippen LogP contribution in [0.2, 0.25) is 5.02 Å². The summed E-state index contributed by atoms with van der Waals surface area (Å²) in [7, 11) is 1.52. The highest BCUT2D eigenvalue weighted by Crippen LogP contribution is 2.19. The van der Waals surface area contributed by atoms with Gasteiger partial charge in [-0.05, 0) is 60.7 Å². The number of hydrogen-bond acceptors (Lipinski definition) is 6. The van der Waals surface area contributed by atoms with Crippen molar-refractivity contribution in [1.29, 1.82) is 0 Å². The Kier molecular flexibility index (Phi) is 7.55. The van der Waals surface area contributed by atoms with Crippen LogP contribution in [-0.4, -0.2) is 31.1 Å². The van der Waals surface area contributed by atoms with Crippen LogP contribution in [0.1, 0.15) is 15.9 Å². The van der Waals surface area contributed by atoms with Gasteiger partial charge in [0.25, 0.3) is 0 Å². The number of carbonyl (C=O) groups is 3. The highest BCUT2D eigenvalue weighted by atomic mass is 35.5. The first-order chi connectivity index (χ1) is 15.5. The molecule has 3 aromatic rings. The first-order valence-corrected chi connectivity index (χ1v) is 9.69. The third-order valence-electron chi connectivity index (χ3n) is 4.13. The Morgan fingerprint density at radius 1 is 0.906 bits per heavy atom. The summed E-state index contributed by atoms with van der Waals surface area (Å²) in [6.07, 6.45) is 1.27. The number of para-hydroxylation sites is 1. The second kappa shape index (κ2) is 10.7. The molecule has 32 heavy (non-hydrogen) atoms. The lowest BCUT2D eigenvalue weighted by Crippen LogP contribution is -2.32. The number of ether oxygens (including phenoxy) is 2. The average molecular weight is 452 g/mol. The van der Waals surface area contributed by atoms with Crippen LogP contribution in [0.3, 0.4) is 0 Å². The Morgan fingerprint density at radius 2 is 1.59 bits per heavy atom. The molecule has 0 fully saturated rings. The van der Waals surface area contributed by atoms with Crippen LogP contribution in [0.25, 0.3) is 0 Å². The minimum atomic E-state index is -0.965. The number of rotatable bonds is 6. The molecule has 2 amide bonds. The smallest absolute Gasteiger partial charge is 0.343 e. The topological polar surface area (TPSA) is 106 Å². The Hall–Kier alpha value is -4.17. The molecule has 0 spiro atoms. The lowest BCUT2D eigenvalue weighted by molar-refractivity contribution is -0.136. The zero-order chi connectivity index (χ0) is 22.9. The first-order valence-electron chi connectivity index (χ1n) is 9.31. The molecule has 0 heterocycles. The number of esters is 1. The zero-order valence-electron chi connectivity index (χ0n) is 16.9. The Balaban J connectivity index is 1.60. The lowest BCUT2D eigenvalue weighted by Gasteiger charge is -2.07. The fourth-order valence-corrected chi connectivity index (χ4v) is 2.62. The van der Waals surface area contributed by atoms with E-state index in [-0.39, 0.29) is 5.75 Å². The van der Waals surface area contributed by atoms with E-state index in [1.807, 2.05) is 0 Å². The molecule has 0 unspecified atom stereocenters. The Bertz CT molecular complexity index is 1150.